The van der Waals surface area contributed by atoms with Crippen LogP contribution in [0.25, 0.3) is 0 Å². The third-order valence-corrected chi connectivity index (χ3v) is 2.91. The molecule has 3 amide bonds. The quantitative estimate of drug-likeness (QED) is 0.487. The average Bonchev–Trinajstić information content (AvgIpc) is 2.44. The van der Waals surface area contributed by atoms with E-state index in [1.165, 1.54) is 0 Å². The van der Waals surface area contributed by atoms with Crippen molar-refractivity contribution in [2.24, 2.45) is 17.6 Å². The Bertz CT molecular complexity index is 336. The molecule has 80 valence electrons. The van der Waals surface area contributed by atoms with E-state index in [2.05, 4.69) is 0 Å². The van der Waals surface area contributed by atoms with E-state index in [4.69, 9.17) is 5.73 Å². The third-order valence-electron chi connectivity index (χ3n) is 2.91. The Kier molecular flexibility index (Phi) is 2.30. The molecule has 5 nitrogen and oxygen atoms in total. The Morgan fingerprint density at radius 1 is 1.27 bits per heavy atom. The average molecular weight is 208 g/mol. The first-order chi connectivity index (χ1) is 7.11. The second kappa shape index (κ2) is 3.49. The van der Waals surface area contributed by atoms with Gasteiger partial charge in [-0.25, -0.2) is 0 Å². The molecule has 2 N–H and O–H groups in total. The van der Waals surface area contributed by atoms with Crippen LogP contribution < -0.4 is 5.73 Å². The van der Waals surface area contributed by atoms with E-state index in [0.717, 1.165) is 4.90 Å². The molecule has 2 atom stereocenters. The first-order valence-electron chi connectivity index (χ1n) is 4.90. The molecule has 2 rings (SSSR count). The molecule has 1 aliphatic carbocycles. The number of amides is 3. The number of primary amides is 1. The number of likely N-dealkylation sites (tertiary alicyclic amines) is 1. The molecule has 0 aromatic carbocycles. The van der Waals surface area contributed by atoms with Crippen molar-refractivity contribution in [1.29, 1.82) is 0 Å². The van der Waals surface area contributed by atoms with E-state index in [1.807, 2.05) is 12.2 Å². The first kappa shape index (κ1) is 9.89. The maximum atomic E-state index is 11.7. The Morgan fingerprint density at radius 2 is 1.73 bits per heavy atom. The highest BCUT2D eigenvalue weighted by molar-refractivity contribution is 6.07. The topological polar surface area (TPSA) is 80.5 Å². The molecule has 0 bridgehead atoms. The summed E-state index contributed by atoms with van der Waals surface area (Å²) in [5, 5.41) is 0. The van der Waals surface area contributed by atoms with Gasteiger partial charge in [0.25, 0.3) is 0 Å². The van der Waals surface area contributed by atoms with Crippen LogP contribution in [0.5, 0.6) is 0 Å². The number of carbonyl (C=O) groups excluding carboxylic acids is 3. The van der Waals surface area contributed by atoms with Crippen molar-refractivity contribution in [3.63, 3.8) is 0 Å². The molecule has 0 spiro atoms. The molecule has 0 aromatic rings. The summed E-state index contributed by atoms with van der Waals surface area (Å²) in [4.78, 5) is 35.2. The predicted molar refractivity (Wildman–Crippen MR) is 51.3 cm³/mol. The molecule has 0 unspecified atom stereocenters. The van der Waals surface area contributed by atoms with Crippen molar-refractivity contribution in [2.75, 3.05) is 6.54 Å². The molecular formula is C10H12N2O3. The van der Waals surface area contributed by atoms with Gasteiger partial charge < -0.3 is 5.73 Å². The smallest absolute Gasteiger partial charge is 0.237 e. The molecule has 2 aliphatic rings. The molecule has 1 aliphatic heterocycles. The zero-order valence-electron chi connectivity index (χ0n) is 8.18. The minimum absolute atomic E-state index is 0.256. The first-order valence-corrected chi connectivity index (χ1v) is 4.90. The lowest BCUT2D eigenvalue weighted by Crippen LogP contribution is -2.38. The van der Waals surface area contributed by atoms with Crippen molar-refractivity contribution >= 4 is 17.7 Å². The minimum Gasteiger partial charge on any atom is -0.368 e. The van der Waals surface area contributed by atoms with Gasteiger partial charge in [0, 0.05) is 0 Å². The van der Waals surface area contributed by atoms with Gasteiger partial charge in [-0.05, 0) is 12.8 Å². The van der Waals surface area contributed by atoms with Gasteiger partial charge in [-0.15, -0.1) is 0 Å². The maximum Gasteiger partial charge on any atom is 0.237 e. The Labute approximate surface area is 86.9 Å². The van der Waals surface area contributed by atoms with Crippen LogP contribution in [0.1, 0.15) is 12.8 Å². The van der Waals surface area contributed by atoms with Gasteiger partial charge >= 0.3 is 0 Å². The van der Waals surface area contributed by atoms with Crippen LogP contribution in [0.15, 0.2) is 12.2 Å². The monoisotopic (exact) mass is 208 g/mol. The van der Waals surface area contributed by atoms with E-state index in [-0.39, 0.29) is 30.2 Å². The summed E-state index contributed by atoms with van der Waals surface area (Å²) in [6.45, 7) is -0.287. The largest absolute Gasteiger partial charge is 0.368 e. The Hall–Kier alpha value is -1.65. The van der Waals surface area contributed by atoms with Gasteiger partial charge in [0.2, 0.25) is 17.7 Å². The summed E-state index contributed by atoms with van der Waals surface area (Å²) >= 11 is 0. The van der Waals surface area contributed by atoms with Gasteiger partial charge in [-0.2, -0.15) is 0 Å². The predicted octanol–water partition coefficient (Wildman–Crippen LogP) is -0.577. The lowest BCUT2D eigenvalue weighted by Gasteiger charge is -2.14. The Balaban J connectivity index is 2.20. The number of nitrogens with two attached hydrogens (primary N) is 1. The molecular weight excluding hydrogens is 196 g/mol. The zero-order valence-corrected chi connectivity index (χ0v) is 8.18. The second-order valence-electron chi connectivity index (χ2n) is 3.88. The van der Waals surface area contributed by atoms with Gasteiger partial charge in [0.05, 0.1) is 11.8 Å². The number of fused-ring (bicyclic) bond motifs is 1. The fraction of sp³-hybridized carbons (Fsp3) is 0.500. The molecule has 0 aromatic heterocycles. The van der Waals surface area contributed by atoms with Crippen molar-refractivity contribution in [1.82, 2.24) is 4.90 Å². The summed E-state index contributed by atoms with van der Waals surface area (Å²) in [6.07, 6.45) is 4.98. The zero-order chi connectivity index (χ0) is 11.0. The lowest BCUT2D eigenvalue weighted by molar-refractivity contribution is -0.143. The molecule has 1 fully saturated rings. The molecule has 1 saturated heterocycles. The number of carbonyl (C=O) groups is 3. The number of hydrogen-bond donors (Lipinski definition) is 1. The SMILES string of the molecule is NC(=O)CN1C(=O)[C@H]2CC=CC[C@@H]2C1=O. The molecule has 0 radical (unpaired) electrons. The van der Waals surface area contributed by atoms with Crippen molar-refractivity contribution in [2.45, 2.75) is 12.8 Å². The van der Waals surface area contributed by atoms with Gasteiger partial charge in [0.1, 0.15) is 6.54 Å². The Morgan fingerprint density at radius 3 is 2.13 bits per heavy atom. The lowest BCUT2D eigenvalue weighted by atomic mass is 9.85. The van der Waals surface area contributed by atoms with Crippen LogP contribution in [0, 0.1) is 11.8 Å². The fourth-order valence-corrected chi connectivity index (χ4v) is 2.18. The van der Waals surface area contributed by atoms with Crippen LogP contribution in [-0.2, 0) is 14.4 Å². The van der Waals surface area contributed by atoms with Crippen LogP contribution >= 0.6 is 0 Å². The fourth-order valence-electron chi connectivity index (χ4n) is 2.18. The van der Waals surface area contributed by atoms with Crippen LogP contribution in [0.3, 0.4) is 0 Å². The van der Waals surface area contributed by atoms with E-state index in [0.29, 0.717) is 12.8 Å². The molecule has 1 heterocycles. The molecule has 15 heavy (non-hydrogen) atoms. The summed E-state index contributed by atoms with van der Waals surface area (Å²) in [7, 11) is 0. The van der Waals surface area contributed by atoms with E-state index >= 15 is 0 Å². The minimum atomic E-state index is -0.650. The van der Waals surface area contributed by atoms with Gasteiger partial charge in [-0.1, -0.05) is 12.2 Å². The molecule has 0 saturated carbocycles. The third kappa shape index (κ3) is 1.54. The summed E-state index contributed by atoms with van der Waals surface area (Å²) < 4.78 is 0. The standard InChI is InChI=1S/C10H12N2O3/c11-8(13)5-12-9(14)6-3-1-2-4-7(6)10(12)15/h1-2,6-7H,3-5H2,(H2,11,13)/t6-,7-/m0/s1. The highest BCUT2D eigenvalue weighted by Gasteiger charge is 2.47. The number of allylic oxidation sites excluding steroid dienone is 2. The van der Waals surface area contributed by atoms with E-state index in [9.17, 15) is 14.4 Å². The van der Waals surface area contributed by atoms with Crippen LogP contribution in [-0.4, -0.2) is 29.2 Å². The summed E-state index contributed by atoms with van der Waals surface area (Å²) in [5.74, 6) is -1.71. The van der Waals surface area contributed by atoms with Crippen LogP contribution in [0.4, 0.5) is 0 Å². The van der Waals surface area contributed by atoms with Gasteiger partial charge in [0.15, 0.2) is 0 Å². The highest BCUT2D eigenvalue weighted by atomic mass is 16.2. The van der Waals surface area contributed by atoms with Gasteiger partial charge in [-0.3, -0.25) is 19.3 Å². The van der Waals surface area contributed by atoms with Crippen molar-refractivity contribution in [3.05, 3.63) is 12.2 Å². The number of rotatable bonds is 2. The number of hydrogen-bond acceptors (Lipinski definition) is 3. The summed E-state index contributed by atoms with van der Waals surface area (Å²) in [6, 6.07) is 0. The molecule has 5 heteroatoms. The maximum absolute atomic E-state index is 11.7. The van der Waals surface area contributed by atoms with Crippen LogP contribution in [0.2, 0.25) is 0 Å². The number of nitrogens with zero attached hydrogens (tertiary/aromatic N) is 1. The summed E-state index contributed by atoms with van der Waals surface area (Å²) in [5.41, 5.74) is 4.99. The highest BCUT2D eigenvalue weighted by Crippen LogP contribution is 2.34. The normalized spacial score (nSPS) is 29.5. The van der Waals surface area contributed by atoms with E-state index in [1.54, 1.807) is 0 Å². The second-order valence-corrected chi connectivity index (χ2v) is 3.88. The van der Waals surface area contributed by atoms with E-state index < -0.39 is 5.91 Å². The van der Waals surface area contributed by atoms with Crippen molar-refractivity contribution in [3.8, 4) is 0 Å². The van der Waals surface area contributed by atoms with Crippen molar-refractivity contribution < 1.29 is 14.4 Å². The number of imide groups is 1.